The fraction of sp³-hybridized carbons (Fsp3) is 0.0588. The van der Waals surface area contributed by atoms with E-state index in [-0.39, 0.29) is 5.95 Å². The Morgan fingerprint density at radius 3 is 2.70 bits per heavy atom. The van der Waals surface area contributed by atoms with E-state index in [1.807, 2.05) is 30.3 Å². The van der Waals surface area contributed by atoms with Gasteiger partial charge in [0, 0.05) is 28.0 Å². The van der Waals surface area contributed by atoms with E-state index in [4.69, 9.17) is 11.5 Å². The highest BCUT2D eigenvalue weighted by Gasteiger charge is 2.10. The van der Waals surface area contributed by atoms with Gasteiger partial charge in [-0.2, -0.15) is 4.98 Å². The normalized spacial score (nSPS) is 11.3. The monoisotopic (exact) mass is 367 g/mol. The molecule has 0 amide bonds. The molecule has 0 saturated carbocycles. The van der Waals surface area contributed by atoms with Gasteiger partial charge in [-0.3, -0.25) is 0 Å². The van der Waals surface area contributed by atoms with Crippen molar-refractivity contribution >= 4 is 49.5 Å². The van der Waals surface area contributed by atoms with Gasteiger partial charge in [0.25, 0.3) is 0 Å². The lowest BCUT2D eigenvalue weighted by atomic mass is 10.1. The molecule has 0 spiro atoms. The lowest BCUT2D eigenvalue weighted by Crippen LogP contribution is -2.01. The van der Waals surface area contributed by atoms with Crippen LogP contribution >= 0.6 is 15.9 Å². The number of anilines is 2. The van der Waals surface area contributed by atoms with E-state index in [1.165, 1.54) is 5.56 Å². The van der Waals surface area contributed by atoms with Gasteiger partial charge in [0.1, 0.15) is 5.82 Å². The second kappa shape index (κ2) is 5.24. The molecular formula is C17H14BrN5. The molecule has 114 valence electrons. The van der Waals surface area contributed by atoms with E-state index in [0.717, 1.165) is 32.8 Å². The lowest BCUT2D eigenvalue weighted by molar-refractivity contribution is 0.836. The molecular weight excluding hydrogens is 354 g/mol. The van der Waals surface area contributed by atoms with Crippen LogP contribution in [-0.4, -0.2) is 14.5 Å². The molecule has 4 N–H and O–H groups in total. The van der Waals surface area contributed by atoms with E-state index in [0.29, 0.717) is 5.82 Å². The third kappa shape index (κ3) is 2.41. The van der Waals surface area contributed by atoms with Gasteiger partial charge in [-0.05, 0) is 35.9 Å². The zero-order valence-electron chi connectivity index (χ0n) is 12.2. The van der Waals surface area contributed by atoms with Crippen LogP contribution in [0.3, 0.4) is 0 Å². The average Bonchev–Trinajstić information content (AvgIpc) is 2.91. The van der Waals surface area contributed by atoms with Crippen molar-refractivity contribution in [2.75, 3.05) is 11.5 Å². The summed E-state index contributed by atoms with van der Waals surface area (Å²) in [5.74, 6) is 0.608. The van der Waals surface area contributed by atoms with Crippen molar-refractivity contribution in [2.45, 2.75) is 6.54 Å². The molecule has 6 heteroatoms. The molecule has 2 heterocycles. The van der Waals surface area contributed by atoms with Gasteiger partial charge in [0.2, 0.25) is 5.95 Å². The predicted octanol–water partition coefficient (Wildman–Crippen LogP) is 3.56. The molecule has 5 nitrogen and oxygen atoms in total. The molecule has 4 rings (SSSR count). The predicted molar refractivity (Wildman–Crippen MR) is 97.1 cm³/mol. The average molecular weight is 368 g/mol. The van der Waals surface area contributed by atoms with Gasteiger partial charge in [-0.15, -0.1) is 0 Å². The third-order valence-electron chi connectivity index (χ3n) is 3.90. The molecule has 0 aliphatic rings. The first-order valence-corrected chi connectivity index (χ1v) is 7.96. The van der Waals surface area contributed by atoms with Crippen molar-refractivity contribution in [3.05, 3.63) is 58.7 Å². The maximum atomic E-state index is 5.95. The highest BCUT2D eigenvalue weighted by Crippen LogP contribution is 2.28. The molecule has 0 fully saturated rings. The minimum Gasteiger partial charge on any atom is -0.383 e. The lowest BCUT2D eigenvalue weighted by Gasteiger charge is -2.08. The second-order valence-electron chi connectivity index (χ2n) is 5.44. The Kier molecular flexibility index (Phi) is 3.20. The summed E-state index contributed by atoms with van der Waals surface area (Å²) < 4.78 is 3.26. The van der Waals surface area contributed by atoms with E-state index in [9.17, 15) is 0 Å². The number of nitrogens with zero attached hydrogens (tertiary/aromatic N) is 3. The van der Waals surface area contributed by atoms with Crippen LogP contribution in [0.15, 0.2) is 53.1 Å². The summed E-state index contributed by atoms with van der Waals surface area (Å²) in [6, 6.07) is 14.3. The highest BCUT2D eigenvalue weighted by atomic mass is 79.9. The first-order valence-electron chi connectivity index (χ1n) is 7.17. The van der Waals surface area contributed by atoms with E-state index < -0.39 is 0 Å². The first-order chi connectivity index (χ1) is 11.1. The Morgan fingerprint density at radius 1 is 1.00 bits per heavy atom. The number of aromatic nitrogens is 3. The summed E-state index contributed by atoms with van der Waals surface area (Å²) in [6.07, 6.45) is 2.06. The summed E-state index contributed by atoms with van der Waals surface area (Å²) in [7, 11) is 0. The van der Waals surface area contributed by atoms with Gasteiger partial charge >= 0.3 is 0 Å². The standard InChI is InChI=1S/C17H14BrN5/c18-11-3-1-2-10(8-11)9-23-7-6-12-14(23)5-4-13-15(12)21-17(20)22-16(13)19/h1-8H,9H2,(H4,19,20,21,22). The number of hydrogen-bond acceptors (Lipinski definition) is 4. The van der Waals surface area contributed by atoms with E-state index in [1.54, 1.807) is 0 Å². The van der Waals surface area contributed by atoms with Crippen molar-refractivity contribution < 1.29 is 0 Å². The van der Waals surface area contributed by atoms with Crippen molar-refractivity contribution in [1.82, 2.24) is 14.5 Å². The molecule has 23 heavy (non-hydrogen) atoms. The Labute approximate surface area is 141 Å². The summed E-state index contributed by atoms with van der Waals surface area (Å²) in [6.45, 7) is 0.782. The summed E-state index contributed by atoms with van der Waals surface area (Å²) in [5.41, 5.74) is 14.8. The largest absolute Gasteiger partial charge is 0.383 e. The molecule has 2 aromatic carbocycles. The van der Waals surface area contributed by atoms with Crippen LogP contribution in [0, 0.1) is 0 Å². The number of hydrogen-bond donors (Lipinski definition) is 2. The maximum absolute atomic E-state index is 5.95. The second-order valence-corrected chi connectivity index (χ2v) is 6.35. The third-order valence-corrected chi connectivity index (χ3v) is 4.40. The van der Waals surface area contributed by atoms with Crippen molar-refractivity contribution in [1.29, 1.82) is 0 Å². The number of halogens is 1. The van der Waals surface area contributed by atoms with E-state index >= 15 is 0 Å². The molecule has 0 atom stereocenters. The van der Waals surface area contributed by atoms with Crippen molar-refractivity contribution in [3.63, 3.8) is 0 Å². The molecule has 0 radical (unpaired) electrons. The quantitative estimate of drug-likeness (QED) is 0.567. The Hall–Kier alpha value is -2.60. The molecule has 0 saturated heterocycles. The minimum atomic E-state index is 0.197. The van der Waals surface area contributed by atoms with Crippen LogP contribution < -0.4 is 11.5 Å². The number of benzene rings is 2. The molecule has 0 aliphatic heterocycles. The highest BCUT2D eigenvalue weighted by molar-refractivity contribution is 9.10. The number of rotatable bonds is 2. The molecule has 0 bridgehead atoms. The van der Waals surface area contributed by atoms with Crippen LogP contribution in [0.25, 0.3) is 21.8 Å². The number of fused-ring (bicyclic) bond motifs is 3. The maximum Gasteiger partial charge on any atom is 0.222 e. The first kappa shape index (κ1) is 14.0. The summed E-state index contributed by atoms with van der Waals surface area (Å²) >= 11 is 3.51. The summed E-state index contributed by atoms with van der Waals surface area (Å²) in [4.78, 5) is 8.39. The van der Waals surface area contributed by atoms with E-state index in [2.05, 4.69) is 48.8 Å². The SMILES string of the molecule is Nc1nc(N)c2ccc3c(ccn3Cc3cccc(Br)c3)c2n1. The van der Waals surface area contributed by atoms with Crippen LogP contribution in [0.1, 0.15) is 5.56 Å². The van der Waals surface area contributed by atoms with Crippen LogP contribution in [0.5, 0.6) is 0 Å². The Bertz CT molecular complexity index is 1040. The van der Waals surface area contributed by atoms with Gasteiger partial charge in [0.05, 0.1) is 11.0 Å². The van der Waals surface area contributed by atoms with Crippen LogP contribution in [-0.2, 0) is 6.54 Å². The molecule has 0 aliphatic carbocycles. The van der Waals surface area contributed by atoms with Crippen LogP contribution in [0.4, 0.5) is 11.8 Å². The Balaban J connectivity index is 1.88. The molecule has 2 aromatic heterocycles. The molecule has 0 unspecified atom stereocenters. The summed E-state index contributed by atoms with van der Waals surface area (Å²) in [5, 5.41) is 1.85. The minimum absolute atomic E-state index is 0.197. The topological polar surface area (TPSA) is 82.7 Å². The molecule has 4 aromatic rings. The van der Waals surface area contributed by atoms with Crippen molar-refractivity contribution in [2.24, 2.45) is 0 Å². The fourth-order valence-electron chi connectivity index (χ4n) is 2.88. The number of nitrogen functional groups attached to an aromatic ring is 2. The fourth-order valence-corrected chi connectivity index (χ4v) is 3.32. The van der Waals surface area contributed by atoms with Gasteiger partial charge in [0.15, 0.2) is 0 Å². The number of nitrogens with two attached hydrogens (primary N) is 2. The van der Waals surface area contributed by atoms with Gasteiger partial charge in [-0.1, -0.05) is 28.1 Å². The van der Waals surface area contributed by atoms with Crippen LogP contribution in [0.2, 0.25) is 0 Å². The van der Waals surface area contributed by atoms with Gasteiger partial charge in [-0.25, -0.2) is 4.98 Å². The zero-order chi connectivity index (χ0) is 16.0. The van der Waals surface area contributed by atoms with Gasteiger partial charge < -0.3 is 16.0 Å². The zero-order valence-corrected chi connectivity index (χ0v) is 13.8. The Morgan fingerprint density at radius 2 is 1.87 bits per heavy atom. The smallest absolute Gasteiger partial charge is 0.222 e. The van der Waals surface area contributed by atoms with Crippen molar-refractivity contribution in [3.8, 4) is 0 Å².